The number of ether oxygens (including phenoxy) is 1. The third kappa shape index (κ3) is 3.22. The van der Waals surface area contributed by atoms with Crippen molar-refractivity contribution in [3.05, 3.63) is 46.6 Å². The summed E-state index contributed by atoms with van der Waals surface area (Å²) < 4.78 is 30.0. The number of carbonyl (C=O) groups is 1. The Hall–Kier alpha value is -2.32. The van der Waals surface area contributed by atoms with Gasteiger partial charge in [0, 0.05) is 17.1 Å². The number of hydrogen-bond donors (Lipinski definition) is 1. The number of fused-ring (bicyclic) bond motifs is 1. The quantitative estimate of drug-likeness (QED) is 0.761. The Morgan fingerprint density at radius 1 is 1.26 bits per heavy atom. The van der Waals surface area contributed by atoms with Crippen LogP contribution in [0.1, 0.15) is 9.67 Å². The minimum Gasteiger partial charge on any atom is -0.434 e. The summed E-state index contributed by atoms with van der Waals surface area (Å²) >= 11 is 7.26. The van der Waals surface area contributed by atoms with Crippen LogP contribution in [0.3, 0.4) is 0 Å². The number of carbonyl (C=O) groups excluding carboxylic acids is 1. The molecule has 0 atom stereocenters. The third-order valence-corrected chi connectivity index (χ3v) is 4.48. The van der Waals surface area contributed by atoms with Crippen molar-refractivity contribution in [2.45, 2.75) is 6.61 Å². The zero-order chi connectivity index (χ0) is 16.4. The lowest BCUT2D eigenvalue weighted by molar-refractivity contribution is -0.0487. The molecule has 3 rings (SSSR count). The van der Waals surface area contributed by atoms with Crippen LogP contribution in [-0.4, -0.2) is 22.5 Å². The maximum Gasteiger partial charge on any atom is 0.387 e. The van der Waals surface area contributed by atoms with Gasteiger partial charge < -0.3 is 4.74 Å². The largest absolute Gasteiger partial charge is 0.434 e. The number of benzene rings is 1. The number of rotatable bonds is 4. The summed E-state index contributed by atoms with van der Waals surface area (Å²) in [5.74, 6) is -0.478. The van der Waals surface area contributed by atoms with Gasteiger partial charge in [-0.15, -0.1) is 11.3 Å². The van der Waals surface area contributed by atoms with E-state index in [4.69, 9.17) is 11.6 Å². The molecule has 0 fully saturated rings. The molecule has 1 amide bonds. The zero-order valence-corrected chi connectivity index (χ0v) is 12.9. The van der Waals surface area contributed by atoms with E-state index in [1.54, 1.807) is 18.2 Å². The predicted molar refractivity (Wildman–Crippen MR) is 83.5 cm³/mol. The highest BCUT2D eigenvalue weighted by Gasteiger charge is 2.21. The molecule has 2 aromatic heterocycles. The minimum absolute atomic E-state index is 0.0506. The van der Waals surface area contributed by atoms with Gasteiger partial charge >= 0.3 is 6.61 Å². The lowest BCUT2D eigenvalue weighted by atomic mass is 10.2. The summed E-state index contributed by atoms with van der Waals surface area (Å²) in [6, 6.07) is 6.19. The predicted octanol–water partition coefficient (Wildman–Crippen LogP) is 4.20. The van der Waals surface area contributed by atoms with E-state index in [9.17, 15) is 13.6 Å². The van der Waals surface area contributed by atoms with Crippen molar-refractivity contribution >= 4 is 44.9 Å². The van der Waals surface area contributed by atoms with E-state index < -0.39 is 12.5 Å². The van der Waals surface area contributed by atoms with E-state index in [-0.39, 0.29) is 27.0 Å². The fourth-order valence-electron chi connectivity index (χ4n) is 1.94. The number of nitrogens with zero attached hydrogens (tertiary/aromatic N) is 2. The molecule has 0 spiro atoms. The second-order valence-corrected chi connectivity index (χ2v) is 5.71. The van der Waals surface area contributed by atoms with E-state index in [1.165, 1.54) is 18.5 Å². The molecule has 2 heterocycles. The summed E-state index contributed by atoms with van der Waals surface area (Å²) in [5.41, 5.74) is 0. The maximum absolute atomic E-state index is 12.5. The molecule has 23 heavy (non-hydrogen) atoms. The van der Waals surface area contributed by atoms with Gasteiger partial charge in [-0.05, 0) is 18.2 Å². The van der Waals surface area contributed by atoms with Crippen LogP contribution in [0.4, 0.5) is 14.7 Å². The van der Waals surface area contributed by atoms with E-state index >= 15 is 0 Å². The Labute approximate surface area is 137 Å². The molecule has 0 aliphatic rings. The molecular formula is C14H8ClF2N3O2S. The Morgan fingerprint density at radius 3 is 2.70 bits per heavy atom. The smallest absolute Gasteiger partial charge is 0.387 e. The van der Waals surface area contributed by atoms with Crippen molar-refractivity contribution in [2.75, 3.05) is 5.32 Å². The topological polar surface area (TPSA) is 64.1 Å². The average Bonchev–Trinajstić information content (AvgIpc) is 2.86. The highest BCUT2D eigenvalue weighted by molar-refractivity contribution is 7.21. The Bertz CT molecular complexity index is 858. The third-order valence-electron chi connectivity index (χ3n) is 2.83. The monoisotopic (exact) mass is 355 g/mol. The highest BCUT2D eigenvalue weighted by atomic mass is 35.5. The summed E-state index contributed by atoms with van der Waals surface area (Å²) in [6.07, 6.45) is 2.95. The van der Waals surface area contributed by atoms with Gasteiger partial charge in [-0.3, -0.25) is 10.1 Å². The Kier molecular flexibility index (Phi) is 4.35. The molecule has 0 unspecified atom stereocenters. The van der Waals surface area contributed by atoms with Crippen molar-refractivity contribution in [1.82, 2.24) is 9.97 Å². The molecule has 0 aliphatic carbocycles. The van der Waals surface area contributed by atoms with Crippen molar-refractivity contribution in [2.24, 2.45) is 0 Å². The fourth-order valence-corrected chi connectivity index (χ4v) is 3.40. The molecule has 5 nitrogen and oxygen atoms in total. The number of anilines is 1. The molecule has 0 bridgehead atoms. The SMILES string of the molecule is O=C(Nc1ncccn1)c1sc2cccc(OC(F)F)c2c1Cl. The van der Waals surface area contributed by atoms with Gasteiger partial charge in [0.25, 0.3) is 5.91 Å². The van der Waals surface area contributed by atoms with Gasteiger partial charge in [-0.1, -0.05) is 17.7 Å². The lowest BCUT2D eigenvalue weighted by Crippen LogP contribution is -2.12. The van der Waals surface area contributed by atoms with Crippen molar-refractivity contribution < 1.29 is 18.3 Å². The first kappa shape index (κ1) is 15.6. The van der Waals surface area contributed by atoms with Crippen LogP contribution < -0.4 is 10.1 Å². The molecular weight excluding hydrogens is 348 g/mol. The van der Waals surface area contributed by atoms with Crippen LogP contribution in [-0.2, 0) is 0 Å². The lowest BCUT2D eigenvalue weighted by Gasteiger charge is -2.05. The van der Waals surface area contributed by atoms with Crippen molar-refractivity contribution in [1.29, 1.82) is 0 Å². The first-order valence-corrected chi connectivity index (χ1v) is 7.50. The number of thiophene rings is 1. The maximum atomic E-state index is 12.5. The number of nitrogens with one attached hydrogen (secondary N) is 1. The van der Waals surface area contributed by atoms with Crippen LogP contribution in [0.15, 0.2) is 36.7 Å². The second-order valence-electron chi connectivity index (χ2n) is 4.28. The summed E-state index contributed by atoms with van der Waals surface area (Å²) in [6.45, 7) is -2.98. The van der Waals surface area contributed by atoms with Gasteiger partial charge in [-0.25, -0.2) is 9.97 Å². The van der Waals surface area contributed by atoms with E-state index in [1.807, 2.05) is 0 Å². The van der Waals surface area contributed by atoms with Crippen LogP contribution in [0.5, 0.6) is 5.75 Å². The van der Waals surface area contributed by atoms with Crippen molar-refractivity contribution in [3.8, 4) is 5.75 Å². The van der Waals surface area contributed by atoms with Crippen LogP contribution in [0.25, 0.3) is 10.1 Å². The summed E-state index contributed by atoms with van der Waals surface area (Å²) in [5, 5.41) is 2.82. The second kappa shape index (κ2) is 6.43. The van der Waals surface area contributed by atoms with Gasteiger partial charge in [0.15, 0.2) is 0 Å². The fraction of sp³-hybridized carbons (Fsp3) is 0.0714. The normalized spacial score (nSPS) is 11.0. The number of halogens is 3. The molecule has 1 aromatic carbocycles. The van der Waals surface area contributed by atoms with E-state index in [0.717, 1.165) is 11.3 Å². The first-order valence-electron chi connectivity index (χ1n) is 6.30. The summed E-state index contributed by atoms with van der Waals surface area (Å²) in [4.78, 5) is 20.2. The standard InChI is InChI=1S/C14H8ClF2N3O2S/c15-10-9-7(22-13(16)17)3-1-4-8(9)23-11(10)12(21)20-14-18-5-2-6-19-14/h1-6,13H,(H,18,19,20,21). The molecule has 118 valence electrons. The molecule has 9 heteroatoms. The minimum atomic E-state index is -2.98. The molecule has 1 N–H and O–H groups in total. The molecule has 0 radical (unpaired) electrons. The molecule has 0 aliphatic heterocycles. The first-order chi connectivity index (χ1) is 11.1. The zero-order valence-electron chi connectivity index (χ0n) is 11.3. The Morgan fingerprint density at radius 2 is 2.00 bits per heavy atom. The number of aromatic nitrogens is 2. The van der Waals surface area contributed by atoms with Gasteiger partial charge in [0.2, 0.25) is 5.95 Å². The number of amides is 1. The van der Waals surface area contributed by atoms with E-state index in [0.29, 0.717) is 4.70 Å². The molecule has 0 saturated carbocycles. The van der Waals surface area contributed by atoms with Crippen LogP contribution in [0, 0.1) is 0 Å². The highest BCUT2D eigenvalue weighted by Crippen LogP contribution is 2.41. The average molecular weight is 356 g/mol. The van der Waals surface area contributed by atoms with Crippen LogP contribution in [0.2, 0.25) is 5.02 Å². The Balaban J connectivity index is 1.99. The number of alkyl halides is 2. The van der Waals surface area contributed by atoms with Gasteiger partial charge in [-0.2, -0.15) is 8.78 Å². The van der Waals surface area contributed by atoms with Crippen molar-refractivity contribution in [3.63, 3.8) is 0 Å². The van der Waals surface area contributed by atoms with E-state index in [2.05, 4.69) is 20.0 Å². The molecule has 3 aromatic rings. The molecule has 0 saturated heterocycles. The van der Waals surface area contributed by atoms with Gasteiger partial charge in [0.1, 0.15) is 10.6 Å². The van der Waals surface area contributed by atoms with Crippen LogP contribution >= 0.6 is 22.9 Å². The number of hydrogen-bond acceptors (Lipinski definition) is 5. The van der Waals surface area contributed by atoms with Gasteiger partial charge in [0.05, 0.1) is 10.4 Å². The summed E-state index contributed by atoms with van der Waals surface area (Å²) in [7, 11) is 0.